The van der Waals surface area contributed by atoms with Crippen molar-refractivity contribution in [1.82, 2.24) is 14.9 Å². The largest absolute Gasteiger partial charge is 0.348 e. The third-order valence-electron chi connectivity index (χ3n) is 2.63. The quantitative estimate of drug-likeness (QED) is 0.921. The third kappa shape index (κ3) is 3.11. The molecule has 1 amide bonds. The number of imidazole rings is 1. The lowest BCUT2D eigenvalue weighted by atomic mass is 10.1. The van der Waals surface area contributed by atoms with Crippen LogP contribution in [-0.2, 0) is 11.3 Å². The fourth-order valence-electron chi connectivity index (χ4n) is 1.74. The molecular weight excluding hydrogens is 250 g/mol. The summed E-state index contributed by atoms with van der Waals surface area (Å²) in [5.74, 6) is -0.0691. The van der Waals surface area contributed by atoms with Crippen LogP contribution in [0.3, 0.4) is 0 Å². The molecule has 1 aromatic carbocycles. The zero-order chi connectivity index (χ0) is 13.0. The van der Waals surface area contributed by atoms with Crippen LogP contribution in [0.25, 0.3) is 0 Å². The van der Waals surface area contributed by atoms with E-state index < -0.39 is 0 Å². The van der Waals surface area contributed by atoms with Gasteiger partial charge in [0.25, 0.3) is 0 Å². The number of halogens is 1. The van der Waals surface area contributed by atoms with Crippen LogP contribution in [0, 0.1) is 0 Å². The number of hydrogen-bond acceptors (Lipinski definition) is 2. The number of amides is 1. The zero-order valence-corrected chi connectivity index (χ0v) is 10.8. The van der Waals surface area contributed by atoms with E-state index in [1.54, 1.807) is 23.3 Å². The summed E-state index contributed by atoms with van der Waals surface area (Å²) in [6.07, 6.45) is 5.00. The van der Waals surface area contributed by atoms with E-state index in [9.17, 15) is 4.79 Å². The minimum Gasteiger partial charge on any atom is -0.348 e. The van der Waals surface area contributed by atoms with Gasteiger partial charge in [-0.2, -0.15) is 0 Å². The van der Waals surface area contributed by atoms with Crippen molar-refractivity contribution in [2.45, 2.75) is 19.5 Å². The van der Waals surface area contributed by atoms with Crippen molar-refractivity contribution in [3.8, 4) is 0 Å². The molecule has 18 heavy (non-hydrogen) atoms. The fourth-order valence-corrected chi connectivity index (χ4v) is 2.04. The van der Waals surface area contributed by atoms with E-state index in [0.29, 0.717) is 5.02 Å². The van der Waals surface area contributed by atoms with Crippen molar-refractivity contribution in [2.24, 2.45) is 0 Å². The molecule has 0 aliphatic heterocycles. The molecule has 4 nitrogen and oxygen atoms in total. The summed E-state index contributed by atoms with van der Waals surface area (Å²) in [4.78, 5) is 15.7. The van der Waals surface area contributed by atoms with Crippen LogP contribution in [0.2, 0.25) is 5.02 Å². The van der Waals surface area contributed by atoms with Gasteiger partial charge in [0.05, 0.1) is 12.4 Å². The first-order valence-corrected chi connectivity index (χ1v) is 6.04. The van der Waals surface area contributed by atoms with Crippen LogP contribution in [0.4, 0.5) is 0 Å². The Labute approximate surface area is 111 Å². The molecule has 5 heteroatoms. The number of nitrogens with one attached hydrogen (secondary N) is 1. The van der Waals surface area contributed by atoms with Crippen LogP contribution in [0.15, 0.2) is 43.0 Å². The Morgan fingerprint density at radius 2 is 2.28 bits per heavy atom. The topological polar surface area (TPSA) is 46.9 Å². The van der Waals surface area contributed by atoms with Crippen molar-refractivity contribution in [3.05, 3.63) is 53.6 Å². The maximum absolute atomic E-state index is 11.8. The highest BCUT2D eigenvalue weighted by Crippen LogP contribution is 2.21. The van der Waals surface area contributed by atoms with E-state index in [2.05, 4.69) is 10.3 Å². The molecule has 0 saturated carbocycles. The molecule has 1 N–H and O–H groups in total. The summed E-state index contributed by atoms with van der Waals surface area (Å²) in [5.41, 5.74) is 0.915. The van der Waals surface area contributed by atoms with Crippen molar-refractivity contribution in [3.63, 3.8) is 0 Å². The van der Waals surface area contributed by atoms with Crippen LogP contribution in [-0.4, -0.2) is 15.5 Å². The molecule has 0 aliphatic rings. The van der Waals surface area contributed by atoms with Gasteiger partial charge >= 0.3 is 0 Å². The number of benzene rings is 1. The molecule has 0 radical (unpaired) electrons. The Kier molecular flexibility index (Phi) is 3.99. The van der Waals surface area contributed by atoms with Crippen molar-refractivity contribution >= 4 is 17.5 Å². The zero-order valence-electron chi connectivity index (χ0n) is 10.0. The molecule has 1 aromatic heterocycles. The monoisotopic (exact) mass is 263 g/mol. The van der Waals surface area contributed by atoms with Gasteiger partial charge in [-0.05, 0) is 18.6 Å². The number of carbonyl (C=O) groups excluding carboxylic acids is 1. The number of carbonyl (C=O) groups is 1. The second-order valence-electron chi connectivity index (χ2n) is 4.05. The highest BCUT2D eigenvalue weighted by molar-refractivity contribution is 6.31. The first kappa shape index (κ1) is 12.6. The summed E-state index contributed by atoms with van der Waals surface area (Å²) in [7, 11) is 0. The molecule has 0 aliphatic carbocycles. The number of rotatable bonds is 4. The average Bonchev–Trinajstić information content (AvgIpc) is 2.82. The Morgan fingerprint density at radius 1 is 1.50 bits per heavy atom. The average molecular weight is 264 g/mol. The predicted octanol–water partition coefficient (Wildman–Crippen LogP) is 2.41. The normalized spacial score (nSPS) is 12.1. The van der Waals surface area contributed by atoms with Crippen LogP contribution >= 0.6 is 11.6 Å². The van der Waals surface area contributed by atoms with Gasteiger partial charge in [-0.1, -0.05) is 29.8 Å². The Balaban J connectivity index is 1.97. The minimum atomic E-state index is -0.116. The summed E-state index contributed by atoms with van der Waals surface area (Å²) >= 11 is 6.08. The van der Waals surface area contributed by atoms with Gasteiger partial charge < -0.3 is 9.88 Å². The van der Waals surface area contributed by atoms with Crippen LogP contribution < -0.4 is 5.32 Å². The molecule has 0 bridgehead atoms. The van der Waals surface area contributed by atoms with Gasteiger partial charge in [0, 0.05) is 17.4 Å². The van der Waals surface area contributed by atoms with E-state index in [-0.39, 0.29) is 18.5 Å². The van der Waals surface area contributed by atoms with Gasteiger partial charge in [0.1, 0.15) is 6.54 Å². The molecule has 1 atom stereocenters. The Morgan fingerprint density at radius 3 is 2.94 bits per heavy atom. The first-order valence-electron chi connectivity index (χ1n) is 5.66. The van der Waals surface area contributed by atoms with Crippen LogP contribution in [0.1, 0.15) is 18.5 Å². The Hall–Kier alpha value is -1.81. The lowest BCUT2D eigenvalue weighted by molar-refractivity contribution is -0.122. The Bertz CT molecular complexity index is 525. The van der Waals surface area contributed by atoms with Crippen molar-refractivity contribution in [1.29, 1.82) is 0 Å². The highest BCUT2D eigenvalue weighted by Gasteiger charge is 2.12. The maximum atomic E-state index is 11.8. The van der Waals surface area contributed by atoms with Gasteiger partial charge in [-0.3, -0.25) is 4.79 Å². The van der Waals surface area contributed by atoms with Gasteiger partial charge in [0.15, 0.2) is 0 Å². The van der Waals surface area contributed by atoms with E-state index >= 15 is 0 Å². The SMILES string of the molecule is CC(NC(=O)Cn1ccnc1)c1ccccc1Cl. The molecule has 0 spiro atoms. The second-order valence-corrected chi connectivity index (χ2v) is 4.45. The highest BCUT2D eigenvalue weighted by atomic mass is 35.5. The molecule has 2 aromatic rings. The first-order chi connectivity index (χ1) is 8.66. The van der Waals surface area contributed by atoms with Gasteiger partial charge in [-0.25, -0.2) is 4.98 Å². The molecule has 1 unspecified atom stereocenters. The summed E-state index contributed by atoms with van der Waals surface area (Å²) < 4.78 is 1.72. The predicted molar refractivity (Wildman–Crippen MR) is 70.2 cm³/mol. The molecule has 1 heterocycles. The summed E-state index contributed by atoms with van der Waals surface area (Å²) in [6, 6.07) is 7.38. The standard InChI is InChI=1S/C13H14ClN3O/c1-10(11-4-2-3-5-12(11)14)16-13(18)8-17-7-6-15-9-17/h2-7,9-10H,8H2,1H3,(H,16,18). The van der Waals surface area contributed by atoms with E-state index in [0.717, 1.165) is 5.56 Å². The smallest absolute Gasteiger partial charge is 0.240 e. The molecule has 94 valence electrons. The maximum Gasteiger partial charge on any atom is 0.240 e. The van der Waals surface area contributed by atoms with Crippen molar-refractivity contribution in [2.75, 3.05) is 0 Å². The van der Waals surface area contributed by atoms with E-state index in [1.165, 1.54) is 0 Å². The number of nitrogens with zero attached hydrogens (tertiary/aromatic N) is 2. The number of aromatic nitrogens is 2. The number of hydrogen-bond donors (Lipinski definition) is 1. The fraction of sp³-hybridized carbons (Fsp3) is 0.231. The van der Waals surface area contributed by atoms with E-state index in [1.807, 2.05) is 31.2 Å². The summed E-state index contributed by atoms with van der Waals surface area (Å²) in [5, 5.41) is 3.56. The summed E-state index contributed by atoms with van der Waals surface area (Å²) in [6.45, 7) is 2.17. The van der Waals surface area contributed by atoms with Crippen LogP contribution in [0.5, 0.6) is 0 Å². The van der Waals surface area contributed by atoms with Crippen molar-refractivity contribution < 1.29 is 4.79 Å². The third-order valence-corrected chi connectivity index (χ3v) is 2.98. The van der Waals surface area contributed by atoms with E-state index in [4.69, 9.17) is 11.6 Å². The lowest BCUT2D eigenvalue weighted by Crippen LogP contribution is -2.29. The lowest BCUT2D eigenvalue weighted by Gasteiger charge is -2.15. The van der Waals surface area contributed by atoms with Gasteiger partial charge in [0.2, 0.25) is 5.91 Å². The molecule has 0 saturated heterocycles. The molecule has 0 fully saturated rings. The molecular formula is C13H14ClN3O. The minimum absolute atomic E-state index is 0.0691. The second kappa shape index (κ2) is 5.69. The molecule has 2 rings (SSSR count). The van der Waals surface area contributed by atoms with Gasteiger partial charge in [-0.15, -0.1) is 0 Å².